The van der Waals surface area contributed by atoms with Gasteiger partial charge in [0.2, 0.25) is 11.8 Å². The molecule has 0 aromatic rings. The van der Waals surface area contributed by atoms with Gasteiger partial charge in [0.05, 0.1) is 18.5 Å². The summed E-state index contributed by atoms with van der Waals surface area (Å²) in [5, 5.41) is 9.32. The van der Waals surface area contributed by atoms with Crippen molar-refractivity contribution in [3.8, 4) is 0 Å². The van der Waals surface area contributed by atoms with Crippen LogP contribution in [-0.4, -0.2) is 68.5 Å². The van der Waals surface area contributed by atoms with Gasteiger partial charge in [0.15, 0.2) is 5.96 Å². The molecule has 0 aromatic carbocycles. The van der Waals surface area contributed by atoms with Crippen LogP contribution in [0.1, 0.15) is 33.6 Å². The second-order valence-electron chi connectivity index (χ2n) is 6.82. The highest BCUT2D eigenvalue weighted by atomic mass is 16.2. The van der Waals surface area contributed by atoms with Crippen molar-refractivity contribution < 1.29 is 9.59 Å². The molecule has 0 radical (unpaired) electrons. The predicted molar refractivity (Wildman–Crippen MR) is 95.6 cm³/mol. The molecule has 0 saturated carbocycles. The first-order valence-corrected chi connectivity index (χ1v) is 8.56. The zero-order valence-corrected chi connectivity index (χ0v) is 15.3. The van der Waals surface area contributed by atoms with E-state index >= 15 is 0 Å². The lowest BCUT2D eigenvalue weighted by molar-refractivity contribution is -0.128. The number of hydrogen-bond donors (Lipinski definition) is 4. The second-order valence-corrected chi connectivity index (χ2v) is 6.82. The number of hydrogen-bond acceptors (Lipinski definition) is 4. The molecule has 0 aliphatic carbocycles. The highest BCUT2D eigenvalue weighted by molar-refractivity contribution is 5.83. The van der Waals surface area contributed by atoms with Crippen LogP contribution in [0.4, 0.5) is 0 Å². The molecule has 1 aliphatic heterocycles. The van der Waals surface area contributed by atoms with E-state index in [1.54, 1.807) is 7.05 Å². The molecule has 8 heteroatoms. The maximum atomic E-state index is 11.9. The van der Waals surface area contributed by atoms with Crippen LogP contribution < -0.4 is 21.7 Å². The second kappa shape index (κ2) is 9.46. The average molecular weight is 340 g/mol. The van der Waals surface area contributed by atoms with Crippen LogP contribution in [0, 0.1) is 5.41 Å². The van der Waals surface area contributed by atoms with Gasteiger partial charge in [-0.2, -0.15) is 0 Å². The number of nitrogens with one attached hydrogen (secondary N) is 3. The minimum Gasteiger partial charge on any atom is -0.369 e. The molecule has 8 nitrogen and oxygen atoms in total. The van der Waals surface area contributed by atoms with Crippen LogP contribution in [0.15, 0.2) is 4.99 Å². The third kappa shape index (κ3) is 6.74. The van der Waals surface area contributed by atoms with E-state index in [0.717, 1.165) is 38.4 Å². The van der Waals surface area contributed by atoms with Crippen molar-refractivity contribution in [2.75, 3.05) is 39.8 Å². The first kappa shape index (κ1) is 20.2. The van der Waals surface area contributed by atoms with E-state index in [2.05, 4.69) is 25.8 Å². The minimum atomic E-state index is -0.554. The van der Waals surface area contributed by atoms with Gasteiger partial charge in [-0.25, -0.2) is 0 Å². The first-order valence-electron chi connectivity index (χ1n) is 8.56. The molecule has 1 saturated heterocycles. The van der Waals surface area contributed by atoms with Crippen molar-refractivity contribution in [3.63, 3.8) is 0 Å². The lowest BCUT2D eigenvalue weighted by Crippen LogP contribution is -2.50. The Morgan fingerprint density at radius 2 is 1.92 bits per heavy atom. The summed E-state index contributed by atoms with van der Waals surface area (Å²) >= 11 is 0. The number of amides is 2. The van der Waals surface area contributed by atoms with Crippen LogP contribution in [0.25, 0.3) is 0 Å². The lowest BCUT2D eigenvalue weighted by atomic mass is 9.93. The summed E-state index contributed by atoms with van der Waals surface area (Å²) in [6, 6.07) is 0.301. The summed E-state index contributed by atoms with van der Waals surface area (Å²) in [6.07, 6.45) is 1.85. The number of likely N-dealkylation sites (tertiary alicyclic amines) is 1. The normalized spacial score (nSPS) is 17.4. The van der Waals surface area contributed by atoms with Gasteiger partial charge in [0.1, 0.15) is 0 Å². The van der Waals surface area contributed by atoms with Gasteiger partial charge < -0.3 is 21.7 Å². The average Bonchev–Trinajstić information content (AvgIpc) is 2.53. The number of aliphatic imine (C=N–C) groups is 1. The molecule has 0 bridgehead atoms. The Hall–Kier alpha value is -1.83. The van der Waals surface area contributed by atoms with E-state index in [-0.39, 0.29) is 11.8 Å². The summed E-state index contributed by atoms with van der Waals surface area (Å²) in [5.41, 5.74) is 4.68. The topological polar surface area (TPSA) is 112 Å². The Labute approximate surface area is 144 Å². The number of carbonyl (C=O) groups excluding carboxylic acids is 2. The molecule has 1 heterocycles. The summed E-state index contributed by atoms with van der Waals surface area (Å²) in [7, 11) is 1.64. The minimum absolute atomic E-state index is 0.0261. The zero-order chi connectivity index (χ0) is 18.2. The van der Waals surface area contributed by atoms with Crippen molar-refractivity contribution in [1.29, 1.82) is 0 Å². The van der Waals surface area contributed by atoms with Crippen LogP contribution in [0.3, 0.4) is 0 Å². The Balaban J connectivity index is 2.56. The molecule has 24 heavy (non-hydrogen) atoms. The standard InChI is InChI=1S/C16H32N6O2/c1-5-19-15(20-11-16(2,3)14(24)18-4)21-12-6-8-22(9-7-12)10-13(17)23/h12H,5-11H2,1-4H3,(H2,17,23)(H,18,24)(H2,19,20,21). The molecule has 0 atom stereocenters. The Morgan fingerprint density at radius 1 is 1.29 bits per heavy atom. The summed E-state index contributed by atoms with van der Waals surface area (Å²) in [4.78, 5) is 29.5. The van der Waals surface area contributed by atoms with Crippen LogP contribution in [0.5, 0.6) is 0 Å². The first-order chi connectivity index (χ1) is 11.3. The van der Waals surface area contributed by atoms with E-state index in [9.17, 15) is 9.59 Å². The van der Waals surface area contributed by atoms with Crippen molar-refractivity contribution in [1.82, 2.24) is 20.9 Å². The molecule has 0 unspecified atom stereocenters. The monoisotopic (exact) mass is 340 g/mol. The molecule has 0 aromatic heterocycles. The maximum Gasteiger partial charge on any atom is 0.231 e. The van der Waals surface area contributed by atoms with Crippen LogP contribution >= 0.6 is 0 Å². The van der Waals surface area contributed by atoms with E-state index < -0.39 is 5.41 Å². The van der Waals surface area contributed by atoms with Crippen molar-refractivity contribution in [2.45, 2.75) is 39.7 Å². The zero-order valence-electron chi connectivity index (χ0n) is 15.3. The molecule has 138 valence electrons. The SMILES string of the molecule is CCNC(=NCC(C)(C)C(=O)NC)NC1CCN(CC(N)=O)CC1. The van der Waals surface area contributed by atoms with Gasteiger partial charge in [-0.3, -0.25) is 19.5 Å². The Morgan fingerprint density at radius 3 is 2.42 bits per heavy atom. The van der Waals surface area contributed by atoms with E-state index in [0.29, 0.717) is 19.1 Å². The molecule has 0 spiro atoms. The third-order valence-electron chi connectivity index (χ3n) is 4.13. The highest BCUT2D eigenvalue weighted by Crippen LogP contribution is 2.15. The summed E-state index contributed by atoms with van der Waals surface area (Å²) < 4.78 is 0. The summed E-state index contributed by atoms with van der Waals surface area (Å²) in [6.45, 7) is 8.92. The lowest BCUT2D eigenvalue weighted by Gasteiger charge is -2.32. The van der Waals surface area contributed by atoms with Gasteiger partial charge in [0.25, 0.3) is 0 Å². The van der Waals surface area contributed by atoms with Gasteiger partial charge in [-0.05, 0) is 33.6 Å². The van der Waals surface area contributed by atoms with Gasteiger partial charge in [-0.15, -0.1) is 0 Å². The molecule has 1 fully saturated rings. The third-order valence-corrected chi connectivity index (χ3v) is 4.13. The highest BCUT2D eigenvalue weighted by Gasteiger charge is 2.27. The van der Waals surface area contributed by atoms with Crippen LogP contribution in [-0.2, 0) is 9.59 Å². The molecule has 1 rings (SSSR count). The quantitative estimate of drug-likeness (QED) is 0.360. The molecular formula is C16H32N6O2. The van der Waals surface area contributed by atoms with E-state index in [4.69, 9.17) is 5.73 Å². The molecule has 1 aliphatic rings. The number of nitrogens with two attached hydrogens (primary N) is 1. The fraction of sp³-hybridized carbons (Fsp3) is 0.812. The van der Waals surface area contributed by atoms with Crippen LogP contribution in [0.2, 0.25) is 0 Å². The number of nitrogens with zero attached hydrogens (tertiary/aromatic N) is 2. The smallest absolute Gasteiger partial charge is 0.231 e. The molecular weight excluding hydrogens is 308 g/mol. The van der Waals surface area contributed by atoms with Gasteiger partial charge >= 0.3 is 0 Å². The Kier molecular flexibility index (Phi) is 7.97. The van der Waals surface area contributed by atoms with E-state index in [1.807, 2.05) is 20.8 Å². The van der Waals surface area contributed by atoms with Crippen molar-refractivity contribution >= 4 is 17.8 Å². The number of guanidine groups is 1. The number of carbonyl (C=O) groups is 2. The van der Waals surface area contributed by atoms with Gasteiger partial charge in [0, 0.05) is 32.7 Å². The maximum absolute atomic E-state index is 11.9. The number of piperidine rings is 1. The number of rotatable bonds is 7. The van der Waals surface area contributed by atoms with E-state index in [1.165, 1.54) is 0 Å². The predicted octanol–water partition coefficient (Wildman–Crippen LogP) is -0.737. The van der Waals surface area contributed by atoms with Crippen molar-refractivity contribution in [3.05, 3.63) is 0 Å². The largest absolute Gasteiger partial charge is 0.369 e. The summed E-state index contributed by atoms with van der Waals surface area (Å²) in [5.74, 6) is 0.414. The molecule has 2 amide bonds. The Bertz CT molecular complexity index is 455. The number of primary amides is 1. The fourth-order valence-electron chi connectivity index (χ4n) is 2.66. The molecule has 5 N–H and O–H groups in total. The van der Waals surface area contributed by atoms with Crippen molar-refractivity contribution in [2.24, 2.45) is 16.1 Å². The fourth-order valence-corrected chi connectivity index (χ4v) is 2.66. The van der Waals surface area contributed by atoms with Gasteiger partial charge in [-0.1, -0.05) is 0 Å².